The van der Waals surface area contributed by atoms with Crippen molar-refractivity contribution in [3.05, 3.63) is 89.0 Å². The molecule has 1 atom stereocenters. The molecule has 2 N–H and O–H groups in total. The number of anilines is 2. The highest BCUT2D eigenvalue weighted by Gasteiger charge is 2.29. The summed E-state index contributed by atoms with van der Waals surface area (Å²) >= 11 is 0. The van der Waals surface area contributed by atoms with Gasteiger partial charge in [-0.1, -0.05) is 42.5 Å². The van der Waals surface area contributed by atoms with E-state index in [4.69, 9.17) is 0 Å². The maximum absolute atomic E-state index is 13.4. The summed E-state index contributed by atoms with van der Waals surface area (Å²) in [6.45, 7) is 3.84. The summed E-state index contributed by atoms with van der Waals surface area (Å²) in [4.78, 5) is 25.1. The van der Waals surface area contributed by atoms with Gasteiger partial charge in [-0.2, -0.15) is 0 Å². The van der Waals surface area contributed by atoms with Crippen LogP contribution in [0.5, 0.6) is 0 Å². The Morgan fingerprint density at radius 3 is 2.52 bits per heavy atom. The van der Waals surface area contributed by atoms with Crippen molar-refractivity contribution in [1.82, 2.24) is 0 Å². The van der Waals surface area contributed by atoms with Gasteiger partial charge in [0.15, 0.2) is 9.84 Å². The van der Waals surface area contributed by atoms with Crippen molar-refractivity contribution < 1.29 is 18.0 Å². The lowest BCUT2D eigenvalue weighted by Crippen LogP contribution is -2.28. The molecule has 6 nitrogen and oxygen atoms in total. The second-order valence-corrected chi connectivity index (χ2v) is 10.5. The van der Waals surface area contributed by atoms with Gasteiger partial charge in [-0.15, -0.1) is 0 Å². The van der Waals surface area contributed by atoms with Gasteiger partial charge in [0, 0.05) is 17.8 Å². The molecule has 1 heterocycles. The largest absolute Gasteiger partial charge is 0.326 e. The van der Waals surface area contributed by atoms with Gasteiger partial charge < -0.3 is 10.6 Å². The number of nitrogens with one attached hydrogen (secondary N) is 2. The van der Waals surface area contributed by atoms with Crippen LogP contribution < -0.4 is 10.6 Å². The Bertz CT molecular complexity index is 1320. The first-order chi connectivity index (χ1) is 15.7. The van der Waals surface area contributed by atoms with E-state index in [1.54, 1.807) is 36.4 Å². The van der Waals surface area contributed by atoms with Crippen LogP contribution in [0.15, 0.2) is 71.6 Å². The second kappa shape index (κ2) is 9.19. The van der Waals surface area contributed by atoms with Crippen LogP contribution in [-0.2, 0) is 25.8 Å². The zero-order valence-corrected chi connectivity index (χ0v) is 19.4. The molecule has 0 radical (unpaired) electrons. The molecule has 0 saturated heterocycles. The van der Waals surface area contributed by atoms with E-state index in [1.807, 2.05) is 38.1 Å². The molecule has 0 aromatic heterocycles. The molecule has 1 aliphatic heterocycles. The molecular weight excluding hydrogens is 436 g/mol. The molecule has 1 aliphatic rings. The van der Waals surface area contributed by atoms with Crippen LogP contribution in [0.3, 0.4) is 0 Å². The molecule has 7 heteroatoms. The molecule has 170 valence electrons. The quantitative estimate of drug-likeness (QED) is 0.568. The second-order valence-electron chi connectivity index (χ2n) is 8.42. The Balaban J connectivity index is 1.65. The zero-order valence-electron chi connectivity index (χ0n) is 18.6. The summed E-state index contributed by atoms with van der Waals surface area (Å²) in [5.41, 5.74) is 4.63. The number of fused-ring (bicyclic) bond motifs is 1. The third-order valence-corrected chi connectivity index (χ3v) is 7.63. The number of aryl methyl sites for hydroxylation is 3. The fraction of sp³-hybridized carbons (Fsp3) is 0.231. The number of hydrogen-bond acceptors (Lipinski definition) is 4. The molecule has 2 amide bonds. The van der Waals surface area contributed by atoms with Crippen molar-refractivity contribution >= 4 is 33.0 Å². The van der Waals surface area contributed by atoms with Gasteiger partial charge in [-0.05, 0) is 66.8 Å². The number of rotatable bonds is 6. The summed E-state index contributed by atoms with van der Waals surface area (Å²) < 4.78 is 26.8. The van der Waals surface area contributed by atoms with E-state index < -0.39 is 15.8 Å². The molecule has 0 fully saturated rings. The van der Waals surface area contributed by atoms with Gasteiger partial charge in [0.25, 0.3) is 0 Å². The maximum atomic E-state index is 13.4. The topological polar surface area (TPSA) is 92.3 Å². The van der Waals surface area contributed by atoms with E-state index in [0.29, 0.717) is 29.8 Å². The molecule has 1 unspecified atom stereocenters. The number of amides is 2. The third kappa shape index (κ3) is 5.14. The van der Waals surface area contributed by atoms with Crippen LogP contribution in [0.4, 0.5) is 11.4 Å². The standard InChI is InChI=1S/C26H26N2O4S/c1-17-8-9-18(2)24(14-17)28-26(30)22(19-6-4-3-5-7-19)16-33(31,32)21-11-12-23-20(15-21)10-13-25(29)27-23/h3-9,11-12,14-15,22H,10,13,16H2,1-2H3,(H,27,29)(H,28,30). The predicted octanol–water partition coefficient (Wildman–Crippen LogP) is 4.38. The highest BCUT2D eigenvalue weighted by atomic mass is 32.2. The van der Waals surface area contributed by atoms with Crippen molar-refractivity contribution in [3.63, 3.8) is 0 Å². The Hall–Kier alpha value is -3.45. The minimum atomic E-state index is -3.78. The van der Waals surface area contributed by atoms with E-state index in [9.17, 15) is 18.0 Å². The monoisotopic (exact) mass is 462 g/mol. The first-order valence-corrected chi connectivity index (χ1v) is 12.5. The number of benzene rings is 3. The summed E-state index contributed by atoms with van der Waals surface area (Å²) in [6.07, 6.45) is 0.807. The lowest BCUT2D eigenvalue weighted by Gasteiger charge is -2.20. The number of hydrogen-bond donors (Lipinski definition) is 2. The molecule has 0 spiro atoms. The van der Waals surface area contributed by atoms with Crippen molar-refractivity contribution in [3.8, 4) is 0 Å². The third-order valence-electron chi connectivity index (χ3n) is 5.89. The summed E-state index contributed by atoms with van der Waals surface area (Å²) in [7, 11) is -3.78. The van der Waals surface area contributed by atoms with E-state index in [-0.39, 0.29) is 22.5 Å². The lowest BCUT2D eigenvalue weighted by atomic mass is 10.00. The highest BCUT2D eigenvalue weighted by molar-refractivity contribution is 7.91. The van der Waals surface area contributed by atoms with Gasteiger partial charge in [-0.3, -0.25) is 9.59 Å². The van der Waals surface area contributed by atoms with E-state index in [0.717, 1.165) is 16.7 Å². The van der Waals surface area contributed by atoms with Gasteiger partial charge in [0.1, 0.15) is 0 Å². The SMILES string of the molecule is Cc1ccc(C)c(NC(=O)C(CS(=O)(=O)c2ccc3c(c2)CCC(=O)N3)c2ccccc2)c1. The molecule has 3 aromatic carbocycles. The molecule has 4 rings (SSSR count). The molecule has 0 bridgehead atoms. The van der Waals surface area contributed by atoms with Gasteiger partial charge in [0.05, 0.1) is 16.6 Å². The van der Waals surface area contributed by atoms with Crippen LogP contribution >= 0.6 is 0 Å². The minimum Gasteiger partial charge on any atom is -0.326 e. The van der Waals surface area contributed by atoms with Gasteiger partial charge in [-0.25, -0.2) is 8.42 Å². The van der Waals surface area contributed by atoms with Crippen LogP contribution in [0.1, 0.15) is 34.6 Å². The average Bonchev–Trinajstić information content (AvgIpc) is 2.80. The number of carbonyl (C=O) groups excluding carboxylic acids is 2. The average molecular weight is 463 g/mol. The van der Waals surface area contributed by atoms with Gasteiger partial charge >= 0.3 is 0 Å². The van der Waals surface area contributed by atoms with Crippen molar-refractivity contribution in [1.29, 1.82) is 0 Å². The van der Waals surface area contributed by atoms with Crippen LogP contribution in [0.2, 0.25) is 0 Å². The van der Waals surface area contributed by atoms with E-state index >= 15 is 0 Å². The Morgan fingerprint density at radius 1 is 1.00 bits per heavy atom. The maximum Gasteiger partial charge on any atom is 0.232 e. The summed E-state index contributed by atoms with van der Waals surface area (Å²) in [5, 5.41) is 5.69. The smallest absolute Gasteiger partial charge is 0.232 e. The highest BCUT2D eigenvalue weighted by Crippen LogP contribution is 2.29. The Labute approximate surface area is 194 Å². The molecular formula is C26H26N2O4S. The summed E-state index contributed by atoms with van der Waals surface area (Å²) in [6, 6.07) is 19.4. The first-order valence-electron chi connectivity index (χ1n) is 10.8. The van der Waals surface area contributed by atoms with E-state index in [1.165, 1.54) is 6.07 Å². The minimum absolute atomic E-state index is 0.0784. The molecule has 33 heavy (non-hydrogen) atoms. The van der Waals surface area contributed by atoms with Gasteiger partial charge in [0.2, 0.25) is 11.8 Å². The lowest BCUT2D eigenvalue weighted by molar-refractivity contribution is -0.117. The number of sulfone groups is 1. The normalized spacial score (nSPS) is 14.2. The van der Waals surface area contributed by atoms with E-state index in [2.05, 4.69) is 10.6 Å². The van der Waals surface area contributed by atoms with Crippen LogP contribution in [0, 0.1) is 13.8 Å². The molecule has 0 saturated carbocycles. The Morgan fingerprint density at radius 2 is 1.76 bits per heavy atom. The predicted molar refractivity (Wildman–Crippen MR) is 129 cm³/mol. The van der Waals surface area contributed by atoms with Crippen LogP contribution in [0.25, 0.3) is 0 Å². The first kappa shape index (κ1) is 22.7. The molecule has 0 aliphatic carbocycles. The molecule has 3 aromatic rings. The number of carbonyl (C=O) groups is 2. The zero-order chi connectivity index (χ0) is 23.6. The van der Waals surface area contributed by atoms with Crippen molar-refractivity contribution in [2.45, 2.75) is 37.5 Å². The Kier molecular flexibility index (Phi) is 6.33. The van der Waals surface area contributed by atoms with Crippen molar-refractivity contribution in [2.75, 3.05) is 16.4 Å². The summed E-state index contributed by atoms with van der Waals surface area (Å²) in [5.74, 6) is -1.69. The fourth-order valence-electron chi connectivity index (χ4n) is 3.97. The fourth-order valence-corrected chi connectivity index (χ4v) is 5.54. The van der Waals surface area contributed by atoms with Crippen LogP contribution in [-0.4, -0.2) is 26.0 Å². The van der Waals surface area contributed by atoms with Crippen molar-refractivity contribution in [2.24, 2.45) is 0 Å².